The normalized spacial score (nSPS) is 21.2. The van der Waals surface area contributed by atoms with E-state index in [0.29, 0.717) is 0 Å². The standard InChI is InChI=1S/C13H28N2O3S/c1-11(19(2,16)17)13(15-14)6-4-3-5-12-7-9-18-10-8-12/h11-13,15H,3-10,14H2,1-2H3. The highest BCUT2D eigenvalue weighted by Crippen LogP contribution is 2.22. The molecule has 1 fully saturated rings. The van der Waals surface area contributed by atoms with Crippen molar-refractivity contribution in [2.45, 2.75) is 56.7 Å². The molecule has 19 heavy (non-hydrogen) atoms. The van der Waals surface area contributed by atoms with Crippen LogP contribution in [0, 0.1) is 5.92 Å². The fourth-order valence-electron chi connectivity index (χ4n) is 2.58. The van der Waals surface area contributed by atoms with Gasteiger partial charge in [-0.3, -0.25) is 11.3 Å². The number of unbranched alkanes of at least 4 members (excludes halogenated alkanes) is 1. The van der Waals surface area contributed by atoms with Gasteiger partial charge in [0.15, 0.2) is 9.84 Å². The van der Waals surface area contributed by atoms with Crippen LogP contribution >= 0.6 is 0 Å². The van der Waals surface area contributed by atoms with E-state index in [1.165, 1.54) is 12.7 Å². The molecule has 6 heteroatoms. The van der Waals surface area contributed by atoms with E-state index in [9.17, 15) is 8.42 Å². The molecular weight excluding hydrogens is 264 g/mol. The van der Waals surface area contributed by atoms with E-state index in [4.69, 9.17) is 10.6 Å². The Morgan fingerprint density at radius 3 is 2.47 bits per heavy atom. The van der Waals surface area contributed by atoms with Crippen molar-refractivity contribution in [3.8, 4) is 0 Å². The van der Waals surface area contributed by atoms with Crippen LogP contribution in [0.3, 0.4) is 0 Å². The van der Waals surface area contributed by atoms with Crippen LogP contribution in [0.15, 0.2) is 0 Å². The van der Waals surface area contributed by atoms with Crippen LogP contribution in [0.4, 0.5) is 0 Å². The highest BCUT2D eigenvalue weighted by molar-refractivity contribution is 7.91. The Balaban J connectivity index is 2.22. The number of rotatable bonds is 8. The van der Waals surface area contributed by atoms with Gasteiger partial charge in [0.25, 0.3) is 0 Å². The van der Waals surface area contributed by atoms with Crippen molar-refractivity contribution in [1.82, 2.24) is 5.43 Å². The van der Waals surface area contributed by atoms with Crippen LogP contribution in [0.2, 0.25) is 0 Å². The van der Waals surface area contributed by atoms with Gasteiger partial charge in [0.1, 0.15) is 0 Å². The van der Waals surface area contributed by atoms with Crippen molar-refractivity contribution in [1.29, 1.82) is 0 Å². The fourth-order valence-corrected chi connectivity index (χ4v) is 3.40. The van der Waals surface area contributed by atoms with Crippen molar-refractivity contribution in [2.24, 2.45) is 11.8 Å². The minimum Gasteiger partial charge on any atom is -0.381 e. The van der Waals surface area contributed by atoms with Crippen LogP contribution in [0.1, 0.15) is 45.4 Å². The summed E-state index contributed by atoms with van der Waals surface area (Å²) in [5.74, 6) is 6.25. The van der Waals surface area contributed by atoms with Gasteiger partial charge in [-0.1, -0.05) is 19.3 Å². The Labute approximate surface area is 117 Å². The van der Waals surface area contributed by atoms with Crippen LogP contribution in [-0.2, 0) is 14.6 Å². The summed E-state index contributed by atoms with van der Waals surface area (Å²) in [6, 6.07) is -0.148. The molecule has 2 atom stereocenters. The highest BCUT2D eigenvalue weighted by atomic mass is 32.2. The van der Waals surface area contributed by atoms with E-state index in [0.717, 1.165) is 51.2 Å². The second-order valence-corrected chi connectivity index (χ2v) is 8.05. The molecule has 2 unspecified atom stereocenters. The summed E-state index contributed by atoms with van der Waals surface area (Å²) < 4.78 is 28.3. The van der Waals surface area contributed by atoms with Crippen molar-refractivity contribution in [2.75, 3.05) is 19.5 Å². The topological polar surface area (TPSA) is 81.4 Å². The Bertz CT molecular complexity index is 340. The van der Waals surface area contributed by atoms with Gasteiger partial charge < -0.3 is 4.74 Å². The smallest absolute Gasteiger partial charge is 0.151 e. The summed E-state index contributed by atoms with van der Waals surface area (Å²) in [7, 11) is -3.03. The molecule has 0 aromatic heterocycles. The lowest BCUT2D eigenvalue weighted by atomic mass is 9.93. The molecule has 0 amide bonds. The zero-order chi connectivity index (χ0) is 14.3. The zero-order valence-corrected chi connectivity index (χ0v) is 12.9. The molecule has 0 aromatic carbocycles. The third-order valence-corrected chi connectivity index (χ3v) is 5.85. The SMILES string of the molecule is CC(C(CCCCC1CCOCC1)NN)S(C)(=O)=O. The Hall–Kier alpha value is -0.170. The molecule has 1 saturated heterocycles. The summed E-state index contributed by atoms with van der Waals surface area (Å²) >= 11 is 0. The van der Waals surface area contributed by atoms with Gasteiger partial charge in [-0.05, 0) is 32.1 Å². The molecule has 0 saturated carbocycles. The molecule has 0 bridgehead atoms. The van der Waals surface area contributed by atoms with Crippen molar-refractivity contribution in [3.05, 3.63) is 0 Å². The van der Waals surface area contributed by atoms with E-state index in [1.807, 2.05) is 0 Å². The average Bonchev–Trinajstić information content (AvgIpc) is 2.38. The van der Waals surface area contributed by atoms with Crippen molar-refractivity contribution < 1.29 is 13.2 Å². The maximum Gasteiger partial charge on any atom is 0.151 e. The van der Waals surface area contributed by atoms with Gasteiger partial charge in [0.2, 0.25) is 0 Å². The summed E-state index contributed by atoms with van der Waals surface area (Å²) in [6.45, 7) is 3.50. The summed E-state index contributed by atoms with van der Waals surface area (Å²) in [4.78, 5) is 0. The third kappa shape index (κ3) is 6.21. The summed E-state index contributed by atoms with van der Waals surface area (Å²) in [5.41, 5.74) is 2.65. The molecule has 1 rings (SSSR count). The fraction of sp³-hybridized carbons (Fsp3) is 1.00. The minimum atomic E-state index is -3.03. The minimum absolute atomic E-state index is 0.148. The molecule has 0 aromatic rings. The van der Waals surface area contributed by atoms with E-state index in [2.05, 4.69) is 5.43 Å². The first-order valence-electron chi connectivity index (χ1n) is 7.18. The number of sulfone groups is 1. The molecule has 1 aliphatic rings. The molecule has 1 heterocycles. The second-order valence-electron chi connectivity index (χ2n) is 5.65. The number of nitrogens with two attached hydrogens (primary N) is 1. The van der Waals surface area contributed by atoms with E-state index < -0.39 is 15.1 Å². The molecule has 114 valence electrons. The Morgan fingerprint density at radius 1 is 1.32 bits per heavy atom. The summed E-state index contributed by atoms with van der Waals surface area (Å²) in [5, 5.41) is -0.430. The number of hydrazine groups is 1. The largest absolute Gasteiger partial charge is 0.381 e. The lowest BCUT2D eigenvalue weighted by molar-refractivity contribution is 0.0630. The lowest BCUT2D eigenvalue weighted by Crippen LogP contribution is -2.45. The Morgan fingerprint density at radius 2 is 1.95 bits per heavy atom. The van der Waals surface area contributed by atoms with Gasteiger partial charge >= 0.3 is 0 Å². The van der Waals surface area contributed by atoms with Gasteiger partial charge in [-0.25, -0.2) is 8.42 Å². The predicted molar refractivity (Wildman–Crippen MR) is 77.4 cm³/mol. The van der Waals surface area contributed by atoms with Gasteiger partial charge in [-0.2, -0.15) is 0 Å². The predicted octanol–water partition coefficient (Wildman–Crippen LogP) is 1.24. The molecule has 0 spiro atoms. The number of nitrogens with one attached hydrogen (secondary N) is 1. The van der Waals surface area contributed by atoms with Crippen LogP contribution in [0.5, 0.6) is 0 Å². The maximum absolute atomic E-state index is 11.5. The first-order chi connectivity index (χ1) is 8.95. The molecule has 1 aliphatic heterocycles. The third-order valence-electron chi connectivity index (χ3n) is 4.17. The van der Waals surface area contributed by atoms with Gasteiger partial charge in [0, 0.05) is 25.5 Å². The quantitative estimate of drug-likeness (QED) is 0.399. The van der Waals surface area contributed by atoms with E-state index in [1.54, 1.807) is 6.92 Å². The summed E-state index contributed by atoms with van der Waals surface area (Å²) in [6.07, 6.45) is 7.79. The maximum atomic E-state index is 11.5. The number of hydrogen-bond acceptors (Lipinski definition) is 5. The highest BCUT2D eigenvalue weighted by Gasteiger charge is 2.24. The average molecular weight is 292 g/mol. The number of hydrogen-bond donors (Lipinski definition) is 2. The number of ether oxygens (including phenoxy) is 1. The van der Waals surface area contributed by atoms with Crippen LogP contribution in [-0.4, -0.2) is 39.2 Å². The monoisotopic (exact) mass is 292 g/mol. The van der Waals surface area contributed by atoms with Gasteiger partial charge in [0.05, 0.1) is 5.25 Å². The molecular formula is C13H28N2O3S. The Kier molecular flexibility index (Phi) is 7.28. The van der Waals surface area contributed by atoms with E-state index in [-0.39, 0.29) is 6.04 Å². The molecule has 0 aliphatic carbocycles. The van der Waals surface area contributed by atoms with Crippen LogP contribution in [0.25, 0.3) is 0 Å². The first-order valence-corrected chi connectivity index (χ1v) is 9.13. The van der Waals surface area contributed by atoms with Crippen molar-refractivity contribution >= 4 is 9.84 Å². The van der Waals surface area contributed by atoms with Crippen molar-refractivity contribution in [3.63, 3.8) is 0 Å². The van der Waals surface area contributed by atoms with Crippen LogP contribution < -0.4 is 11.3 Å². The second kappa shape index (κ2) is 8.19. The zero-order valence-electron chi connectivity index (χ0n) is 12.1. The van der Waals surface area contributed by atoms with E-state index >= 15 is 0 Å². The first kappa shape index (κ1) is 16.9. The molecule has 0 radical (unpaired) electrons. The molecule has 5 nitrogen and oxygen atoms in total. The lowest BCUT2D eigenvalue weighted by Gasteiger charge is -2.23. The van der Waals surface area contributed by atoms with Gasteiger partial charge in [-0.15, -0.1) is 0 Å². The molecule has 3 N–H and O–H groups in total.